The van der Waals surface area contributed by atoms with Crippen LogP contribution in [0.4, 0.5) is 5.95 Å². The van der Waals surface area contributed by atoms with Gasteiger partial charge in [-0.1, -0.05) is 23.7 Å². The van der Waals surface area contributed by atoms with E-state index in [1.165, 1.54) is 0 Å². The highest BCUT2D eigenvalue weighted by Gasteiger charge is 2.17. The molecule has 0 radical (unpaired) electrons. The van der Waals surface area contributed by atoms with Crippen LogP contribution in [0, 0.1) is 0 Å². The Labute approximate surface area is 156 Å². The largest absolute Gasteiger partial charge is 0.493 e. The fraction of sp³-hybridized carbons (Fsp3) is 0.222. The lowest BCUT2D eigenvalue weighted by Crippen LogP contribution is -2.06. The zero-order valence-electron chi connectivity index (χ0n) is 14.7. The summed E-state index contributed by atoms with van der Waals surface area (Å²) in [6.45, 7) is 0.487. The third-order valence-electron chi connectivity index (χ3n) is 3.87. The summed E-state index contributed by atoms with van der Waals surface area (Å²) in [7, 11) is 4.67. The zero-order chi connectivity index (χ0) is 18.7. The molecular formula is C18H19ClN4O3. The number of benzene rings is 2. The highest BCUT2D eigenvalue weighted by molar-refractivity contribution is 6.30. The van der Waals surface area contributed by atoms with E-state index in [4.69, 9.17) is 31.5 Å². The summed E-state index contributed by atoms with van der Waals surface area (Å²) in [5.74, 6) is 2.33. The molecule has 0 atom stereocenters. The Kier molecular flexibility index (Phi) is 5.18. The van der Waals surface area contributed by atoms with Gasteiger partial charge in [-0.3, -0.25) is 0 Å². The van der Waals surface area contributed by atoms with Gasteiger partial charge < -0.3 is 19.9 Å². The summed E-state index contributed by atoms with van der Waals surface area (Å²) in [5.41, 5.74) is 7.76. The van der Waals surface area contributed by atoms with Gasteiger partial charge in [0.2, 0.25) is 11.7 Å². The van der Waals surface area contributed by atoms with Crippen LogP contribution in [0.3, 0.4) is 0 Å². The average molecular weight is 375 g/mol. The first-order chi connectivity index (χ1) is 12.5. The maximum atomic E-state index is 6.03. The van der Waals surface area contributed by atoms with Crippen LogP contribution in [0.1, 0.15) is 5.56 Å². The van der Waals surface area contributed by atoms with Crippen LogP contribution in [-0.4, -0.2) is 36.1 Å². The number of nitrogen functional groups attached to an aromatic ring is 1. The van der Waals surface area contributed by atoms with Gasteiger partial charge in [0.25, 0.3) is 0 Å². The molecule has 1 heterocycles. The lowest BCUT2D eigenvalue weighted by Gasteiger charge is -2.12. The monoisotopic (exact) mass is 374 g/mol. The number of hydrogen-bond acceptors (Lipinski definition) is 6. The Balaban J connectivity index is 1.96. The first-order valence-electron chi connectivity index (χ1n) is 7.81. The van der Waals surface area contributed by atoms with E-state index in [1.807, 2.05) is 24.3 Å². The molecular weight excluding hydrogens is 356 g/mol. The molecule has 26 heavy (non-hydrogen) atoms. The molecule has 0 unspecified atom stereocenters. The molecule has 0 fully saturated rings. The summed E-state index contributed by atoms with van der Waals surface area (Å²) in [6, 6.07) is 11.0. The van der Waals surface area contributed by atoms with E-state index in [0.717, 1.165) is 5.56 Å². The number of rotatable bonds is 6. The molecule has 7 nitrogen and oxygen atoms in total. The molecule has 0 aliphatic rings. The molecule has 0 aliphatic heterocycles. The van der Waals surface area contributed by atoms with E-state index < -0.39 is 0 Å². The fourth-order valence-corrected chi connectivity index (χ4v) is 2.69. The molecule has 2 N–H and O–H groups in total. The molecule has 8 heteroatoms. The average Bonchev–Trinajstić information content (AvgIpc) is 3.02. The van der Waals surface area contributed by atoms with Gasteiger partial charge in [-0.2, -0.15) is 4.98 Å². The third kappa shape index (κ3) is 3.52. The number of ether oxygens (including phenoxy) is 3. The van der Waals surface area contributed by atoms with Crippen LogP contribution in [0.25, 0.3) is 11.4 Å². The van der Waals surface area contributed by atoms with Crippen LogP contribution in [0.15, 0.2) is 36.4 Å². The normalized spacial score (nSPS) is 10.6. The molecule has 3 aromatic rings. The second-order valence-corrected chi connectivity index (χ2v) is 5.93. The Hall–Kier alpha value is -2.93. The molecule has 0 aliphatic carbocycles. The topological polar surface area (TPSA) is 84.4 Å². The van der Waals surface area contributed by atoms with Crippen LogP contribution in [0.2, 0.25) is 5.02 Å². The number of anilines is 1. The van der Waals surface area contributed by atoms with Crippen LogP contribution in [0.5, 0.6) is 17.2 Å². The van der Waals surface area contributed by atoms with Crippen molar-refractivity contribution >= 4 is 17.5 Å². The van der Waals surface area contributed by atoms with Gasteiger partial charge in [-0.15, -0.1) is 5.10 Å². The summed E-state index contributed by atoms with van der Waals surface area (Å²) in [5, 5.41) is 5.18. The van der Waals surface area contributed by atoms with Crippen molar-refractivity contribution in [2.24, 2.45) is 0 Å². The quantitative estimate of drug-likeness (QED) is 0.712. The van der Waals surface area contributed by atoms with Crippen molar-refractivity contribution in [1.29, 1.82) is 0 Å². The van der Waals surface area contributed by atoms with Gasteiger partial charge in [0.15, 0.2) is 17.3 Å². The summed E-state index contributed by atoms with van der Waals surface area (Å²) >= 11 is 5.92. The van der Waals surface area contributed by atoms with Crippen molar-refractivity contribution in [3.63, 3.8) is 0 Å². The van der Waals surface area contributed by atoms with E-state index in [9.17, 15) is 0 Å². The van der Waals surface area contributed by atoms with Gasteiger partial charge in [0, 0.05) is 10.6 Å². The molecule has 2 aromatic carbocycles. The van der Waals surface area contributed by atoms with Crippen molar-refractivity contribution in [3.05, 3.63) is 47.0 Å². The Morgan fingerprint density at radius 2 is 1.62 bits per heavy atom. The van der Waals surface area contributed by atoms with Gasteiger partial charge in [0.05, 0.1) is 27.9 Å². The second-order valence-electron chi connectivity index (χ2n) is 5.49. The predicted molar refractivity (Wildman–Crippen MR) is 100 cm³/mol. The summed E-state index contributed by atoms with van der Waals surface area (Å²) < 4.78 is 17.7. The zero-order valence-corrected chi connectivity index (χ0v) is 15.4. The van der Waals surface area contributed by atoms with Crippen LogP contribution in [-0.2, 0) is 6.54 Å². The number of hydrogen-bond donors (Lipinski definition) is 1. The molecule has 0 saturated carbocycles. The molecule has 1 aromatic heterocycles. The van der Waals surface area contributed by atoms with Crippen molar-refractivity contribution in [3.8, 4) is 28.6 Å². The Bertz CT molecular complexity index is 884. The first kappa shape index (κ1) is 17.9. The summed E-state index contributed by atoms with van der Waals surface area (Å²) in [6.07, 6.45) is 0. The highest BCUT2D eigenvalue weighted by atomic mass is 35.5. The molecule has 0 saturated heterocycles. The standard InChI is InChI=1S/C18H19ClN4O3/c1-24-14-8-12(9-15(25-2)16(14)26-3)17-21-18(20)23(22-17)10-11-4-6-13(19)7-5-11/h4-9H,10H2,1-3H3,(H2,20,21,22). The molecule has 0 spiro atoms. The summed E-state index contributed by atoms with van der Waals surface area (Å²) in [4.78, 5) is 4.35. The maximum Gasteiger partial charge on any atom is 0.219 e. The third-order valence-corrected chi connectivity index (χ3v) is 4.12. The smallest absolute Gasteiger partial charge is 0.219 e. The molecule has 0 amide bonds. The fourth-order valence-electron chi connectivity index (χ4n) is 2.57. The van der Waals surface area contributed by atoms with Gasteiger partial charge in [0.1, 0.15) is 0 Å². The van der Waals surface area contributed by atoms with E-state index in [0.29, 0.717) is 46.2 Å². The highest BCUT2D eigenvalue weighted by Crippen LogP contribution is 2.40. The number of methoxy groups -OCH3 is 3. The van der Waals surface area contributed by atoms with Crippen molar-refractivity contribution < 1.29 is 14.2 Å². The predicted octanol–water partition coefficient (Wildman–Crippen LogP) is 3.25. The first-order valence-corrected chi connectivity index (χ1v) is 8.18. The van der Waals surface area contributed by atoms with Crippen molar-refractivity contribution in [2.45, 2.75) is 6.54 Å². The lowest BCUT2D eigenvalue weighted by atomic mass is 10.1. The van der Waals surface area contributed by atoms with E-state index in [-0.39, 0.29) is 0 Å². The minimum Gasteiger partial charge on any atom is -0.493 e. The number of aromatic nitrogens is 3. The van der Waals surface area contributed by atoms with Gasteiger partial charge in [-0.25, -0.2) is 4.68 Å². The van der Waals surface area contributed by atoms with Gasteiger partial charge in [-0.05, 0) is 29.8 Å². The van der Waals surface area contributed by atoms with Crippen molar-refractivity contribution in [2.75, 3.05) is 27.1 Å². The van der Waals surface area contributed by atoms with Crippen LogP contribution >= 0.6 is 11.6 Å². The van der Waals surface area contributed by atoms with E-state index in [1.54, 1.807) is 38.1 Å². The Morgan fingerprint density at radius 1 is 1.00 bits per heavy atom. The Morgan fingerprint density at radius 3 is 2.15 bits per heavy atom. The number of nitrogens with zero attached hydrogens (tertiary/aromatic N) is 3. The van der Waals surface area contributed by atoms with Crippen molar-refractivity contribution in [1.82, 2.24) is 14.8 Å². The van der Waals surface area contributed by atoms with Gasteiger partial charge >= 0.3 is 0 Å². The second kappa shape index (κ2) is 7.53. The SMILES string of the molecule is COc1cc(-c2nc(N)n(Cc3ccc(Cl)cc3)n2)cc(OC)c1OC. The number of nitrogens with two attached hydrogens (primary N) is 1. The van der Waals surface area contributed by atoms with E-state index >= 15 is 0 Å². The lowest BCUT2D eigenvalue weighted by molar-refractivity contribution is 0.324. The molecule has 0 bridgehead atoms. The molecule has 136 valence electrons. The maximum absolute atomic E-state index is 6.03. The minimum absolute atomic E-state index is 0.309. The minimum atomic E-state index is 0.309. The number of halogens is 1. The van der Waals surface area contributed by atoms with E-state index in [2.05, 4.69) is 10.1 Å². The van der Waals surface area contributed by atoms with Crippen LogP contribution < -0.4 is 19.9 Å². The molecule has 3 rings (SSSR count).